The largest absolute Gasteiger partial charge is 0.299 e. The fourth-order valence-corrected chi connectivity index (χ4v) is 5.58. The van der Waals surface area contributed by atoms with E-state index in [1.54, 1.807) is 10.4 Å². The smallest absolute Gasteiger partial charge is 0.243 e. The Morgan fingerprint density at radius 1 is 1.19 bits per heavy atom. The second-order valence-corrected chi connectivity index (χ2v) is 8.78. The maximum absolute atomic E-state index is 12.9. The normalized spacial score (nSPS) is 24.8. The Morgan fingerprint density at radius 3 is 2.62 bits per heavy atom. The molecule has 2 fully saturated rings. The average molecular weight is 373 g/mol. The molecule has 116 valence electrons. The predicted octanol–water partition coefficient (Wildman–Crippen LogP) is 2.62. The number of aryl methyl sites for hydroxylation is 1. The van der Waals surface area contributed by atoms with Crippen LogP contribution < -0.4 is 0 Å². The van der Waals surface area contributed by atoms with Crippen molar-refractivity contribution in [2.24, 2.45) is 0 Å². The number of hydrogen-bond acceptors (Lipinski definition) is 3. The van der Waals surface area contributed by atoms with Crippen molar-refractivity contribution < 1.29 is 8.42 Å². The minimum absolute atomic E-state index is 0.398. The number of hydrogen-bond donors (Lipinski definition) is 0. The molecule has 0 N–H and O–H groups in total. The zero-order valence-corrected chi connectivity index (χ0v) is 14.7. The first-order valence-electron chi connectivity index (χ1n) is 7.49. The number of benzene rings is 1. The van der Waals surface area contributed by atoms with E-state index >= 15 is 0 Å². The number of halogens is 1. The molecule has 6 heteroatoms. The van der Waals surface area contributed by atoms with Gasteiger partial charge >= 0.3 is 0 Å². The van der Waals surface area contributed by atoms with Crippen LogP contribution in [0, 0.1) is 6.92 Å². The Kier molecular flexibility index (Phi) is 4.41. The standard InChI is InChI=1S/C15H21BrN2O2S/c1-12-4-5-13(16)10-15(12)21(19,20)18-9-6-14(11-18)17-7-2-3-8-17/h4-5,10,14H,2-3,6-9,11H2,1H3. The van der Waals surface area contributed by atoms with E-state index in [1.807, 2.05) is 19.1 Å². The van der Waals surface area contributed by atoms with E-state index in [0.29, 0.717) is 24.0 Å². The van der Waals surface area contributed by atoms with E-state index in [2.05, 4.69) is 20.8 Å². The van der Waals surface area contributed by atoms with Crippen LogP contribution in [0.25, 0.3) is 0 Å². The van der Waals surface area contributed by atoms with Crippen LogP contribution in [0.5, 0.6) is 0 Å². The van der Waals surface area contributed by atoms with Gasteiger partial charge in [0.2, 0.25) is 10.0 Å². The Bertz CT molecular complexity index is 627. The van der Waals surface area contributed by atoms with Crippen molar-refractivity contribution in [2.45, 2.75) is 37.1 Å². The van der Waals surface area contributed by atoms with Gasteiger partial charge < -0.3 is 0 Å². The monoisotopic (exact) mass is 372 g/mol. The van der Waals surface area contributed by atoms with E-state index < -0.39 is 10.0 Å². The molecule has 1 aromatic rings. The van der Waals surface area contributed by atoms with Gasteiger partial charge in [-0.15, -0.1) is 0 Å². The zero-order chi connectivity index (χ0) is 15.0. The highest BCUT2D eigenvalue weighted by molar-refractivity contribution is 9.10. The molecule has 2 aliphatic heterocycles. The Labute approximate surface area is 135 Å². The Hall–Kier alpha value is -0.430. The third-order valence-corrected chi connectivity index (χ3v) is 7.05. The third-order valence-electron chi connectivity index (χ3n) is 4.55. The molecule has 2 aliphatic rings. The number of likely N-dealkylation sites (tertiary alicyclic amines) is 1. The topological polar surface area (TPSA) is 40.6 Å². The van der Waals surface area contributed by atoms with Crippen LogP contribution in [0.4, 0.5) is 0 Å². The minimum Gasteiger partial charge on any atom is -0.299 e. The van der Waals surface area contributed by atoms with E-state index in [4.69, 9.17) is 0 Å². The van der Waals surface area contributed by atoms with Crippen LogP contribution in [-0.4, -0.2) is 49.8 Å². The summed E-state index contributed by atoms with van der Waals surface area (Å²) in [5.74, 6) is 0. The third kappa shape index (κ3) is 3.04. The van der Waals surface area contributed by atoms with Gasteiger partial charge in [0.15, 0.2) is 0 Å². The van der Waals surface area contributed by atoms with Crippen LogP contribution in [0.3, 0.4) is 0 Å². The summed E-state index contributed by atoms with van der Waals surface area (Å²) in [5.41, 5.74) is 0.808. The molecular weight excluding hydrogens is 352 g/mol. The summed E-state index contributed by atoms with van der Waals surface area (Å²) in [6.45, 7) is 5.36. The van der Waals surface area contributed by atoms with Gasteiger partial charge in [-0.25, -0.2) is 8.42 Å². The first-order chi connectivity index (χ1) is 9.98. The number of sulfonamides is 1. The van der Waals surface area contributed by atoms with E-state index in [9.17, 15) is 8.42 Å². The molecule has 0 bridgehead atoms. The van der Waals surface area contributed by atoms with Crippen molar-refractivity contribution in [3.05, 3.63) is 28.2 Å². The molecule has 2 heterocycles. The molecule has 0 saturated carbocycles. The quantitative estimate of drug-likeness (QED) is 0.818. The molecular formula is C15H21BrN2O2S. The van der Waals surface area contributed by atoms with Crippen molar-refractivity contribution in [3.8, 4) is 0 Å². The van der Waals surface area contributed by atoms with Gasteiger partial charge in [-0.1, -0.05) is 22.0 Å². The Balaban J connectivity index is 1.81. The van der Waals surface area contributed by atoms with Crippen molar-refractivity contribution >= 4 is 26.0 Å². The van der Waals surface area contributed by atoms with Crippen molar-refractivity contribution in [3.63, 3.8) is 0 Å². The summed E-state index contributed by atoms with van der Waals surface area (Å²) in [4.78, 5) is 2.88. The lowest BCUT2D eigenvalue weighted by molar-refractivity contribution is 0.251. The summed E-state index contributed by atoms with van der Waals surface area (Å²) >= 11 is 3.37. The van der Waals surface area contributed by atoms with E-state index in [1.165, 1.54) is 12.8 Å². The summed E-state index contributed by atoms with van der Waals surface area (Å²) in [6.07, 6.45) is 3.44. The summed E-state index contributed by atoms with van der Waals surface area (Å²) in [6, 6.07) is 5.85. The molecule has 0 aliphatic carbocycles. The van der Waals surface area contributed by atoms with Crippen molar-refractivity contribution in [2.75, 3.05) is 26.2 Å². The molecule has 1 aromatic carbocycles. The highest BCUT2D eigenvalue weighted by Gasteiger charge is 2.36. The van der Waals surface area contributed by atoms with Crippen LogP contribution in [0.2, 0.25) is 0 Å². The summed E-state index contributed by atoms with van der Waals surface area (Å²) < 4.78 is 28.2. The fraction of sp³-hybridized carbons (Fsp3) is 0.600. The minimum atomic E-state index is -3.38. The van der Waals surface area contributed by atoms with Gasteiger partial charge in [0.05, 0.1) is 4.90 Å². The van der Waals surface area contributed by atoms with E-state index in [0.717, 1.165) is 29.5 Å². The second-order valence-electron chi connectivity index (χ2n) is 5.96. The lowest BCUT2D eigenvalue weighted by atomic mass is 10.2. The Morgan fingerprint density at radius 2 is 1.90 bits per heavy atom. The summed E-state index contributed by atoms with van der Waals surface area (Å²) in [7, 11) is -3.38. The first kappa shape index (κ1) is 15.5. The predicted molar refractivity (Wildman–Crippen MR) is 86.8 cm³/mol. The zero-order valence-electron chi connectivity index (χ0n) is 12.3. The molecule has 0 radical (unpaired) electrons. The fourth-order valence-electron chi connectivity index (χ4n) is 3.32. The highest BCUT2D eigenvalue weighted by atomic mass is 79.9. The molecule has 4 nitrogen and oxygen atoms in total. The molecule has 2 saturated heterocycles. The van der Waals surface area contributed by atoms with Gasteiger partial charge in [0.25, 0.3) is 0 Å². The molecule has 3 rings (SSSR count). The van der Waals surface area contributed by atoms with Gasteiger partial charge in [0, 0.05) is 23.6 Å². The van der Waals surface area contributed by atoms with Crippen LogP contribution in [-0.2, 0) is 10.0 Å². The molecule has 0 spiro atoms. The molecule has 0 amide bonds. The number of rotatable bonds is 3. The van der Waals surface area contributed by atoms with E-state index in [-0.39, 0.29) is 0 Å². The van der Waals surface area contributed by atoms with Crippen molar-refractivity contribution in [1.29, 1.82) is 0 Å². The average Bonchev–Trinajstić information content (AvgIpc) is 3.11. The first-order valence-corrected chi connectivity index (χ1v) is 9.72. The number of nitrogens with zero attached hydrogens (tertiary/aromatic N) is 2. The van der Waals surface area contributed by atoms with Gasteiger partial charge in [-0.05, 0) is 57.0 Å². The second kappa shape index (κ2) is 5.99. The molecule has 0 aromatic heterocycles. The summed E-state index contributed by atoms with van der Waals surface area (Å²) in [5, 5.41) is 0. The SMILES string of the molecule is Cc1ccc(Br)cc1S(=O)(=O)N1CCC(N2CCCC2)C1. The molecule has 1 unspecified atom stereocenters. The lowest BCUT2D eigenvalue weighted by Crippen LogP contribution is -2.37. The van der Waals surface area contributed by atoms with Crippen molar-refractivity contribution in [1.82, 2.24) is 9.21 Å². The molecule has 1 atom stereocenters. The lowest BCUT2D eigenvalue weighted by Gasteiger charge is -2.23. The van der Waals surface area contributed by atoms with Crippen LogP contribution in [0.15, 0.2) is 27.6 Å². The molecule has 21 heavy (non-hydrogen) atoms. The van der Waals surface area contributed by atoms with Gasteiger partial charge in [0.1, 0.15) is 0 Å². The van der Waals surface area contributed by atoms with Crippen LogP contribution in [0.1, 0.15) is 24.8 Å². The maximum Gasteiger partial charge on any atom is 0.243 e. The highest BCUT2D eigenvalue weighted by Crippen LogP contribution is 2.28. The van der Waals surface area contributed by atoms with Gasteiger partial charge in [-0.3, -0.25) is 4.90 Å². The van der Waals surface area contributed by atoms with Gasteiger partial charge in [-0.2, -0.15) is 4.31 Å². The van der Waals surface area contributed by atoms with Crippen LogP contribution >= 0.6 is 15.9 Å². The maximum atomic E-state index is 12.9.